The molecule has 0 aliphatic rings. The van der Waals surface area contributed by atoms with Crippen LogP contribution in [0.3, 0.4) is 0 Å². The van der Waals surface area contributed by atoms with Crippen molar-refractivity contribution in [3.63, 3.8) is 0 Å². The molecule has 0 unspecified atom stereocenters. The predicted molar refractivity (Wildman–Crippen MR) is 64.2 cm³/mol. The minimum absolute atomic E-state index is 0.320. The van der Waals surface area contributed by atoms with Crippen LogP contribution in [0.15, 0.2) is 0 Å². The number of rotatable bonds is 3. The highest BCUT2D eigenvalue weighted by atomic mass is 32.1. The first-order chi connectivity index (χ1) is 5.68. The minimum atomic E-state index is -2.26. The lowest BCUT2D eigenvalue weighted by molar-refractivity contribution is 0.301. The standard InChI is InChI=1S/C9H20NOPS/c1-7(2)10(8(3)4)9(13)12(5,6)11/h7-8H,1-6H3. The zero-order valence-electron chi connectivity index (χ0n) is 9.37. The molecular weight excluding hydrogens is 201 g/mol. The van der Waals surface area contributed by atoms with Crippen molar-refractivity contribution in [3.8, 4) is 0 Å². The first-order valence-electron chi connectivity index (χ1n) is 4.55. The highest BCUT2D eigenvalue weighted by Gasteiger charge is 2.25. The third kappa shape index (κ3) is 3.78. The smallest absolute Gasteiger partial charge is 0.139 e. The van der Waals surface area contributed by atoms with Crippen LogP contribution in [0.1, 0.15) is 27.7 Å². The van der Waals surface area contributed by atoms with Crippen LogP contribution in [0.5, 0.6) is 0 Å². The molecule has 0 radical (unpaired) electrons. The summed E-state index contributed by atoms with van der Waals surface area (Å²) in [4.78, 5) is 2.05. The fourth-order valence-corrected chi connectivity index (χ4v) is 2.76. The Labute approximate surface area is 87.1 Å². The van der Waals surface area contributed by atoms with Crippen molar-refractivity contribution in [1.29, 1.82) is 0 Å². The molecule has 0 bridgehead atoms. The summed E-state index contributed by atoms with van der Waals surface area (Å²) in [7, 11) is -2.26. The molecule has 0 aliphatic carbocycles. The summed E-state index contributed by atoms with van der Waals surface area (Å²) in [5, 5.41) is 0. The average Bonchev–Trinajstić information content (AvgIpc) is 1.82. The molecule has 0 saturated carbocycles. The summed E-state index contributed by atoms with van der Waals surface area (Å²) in [5.41, 5.74) is 0. The molecule has 0 fully saturated rings. The van der Waals surface area contributed by atoms with Gasteiger partial charge >= 0.3 is 0 Å². The van der Waals surface area contributed by atoms with Gasteiger partial charge in [-0.05, 0) is 41.0 Å². The molecule has 0 aliphatic heterocycles. The summed E-state index contributed by atoms with van der Waals surface area (Å²) < 4.78 is 12.4. The molecular formula is C9H20NOPS. The molecule has 0 amide bonds. The van der Waals surface area contributed by atoms with Gasteiger partial charge in [-0.2, -0.15) is 0 Å². The van der Waals surface area contributed by atoms with Crippen LogP contribution in [0.25, 0.3) is 0 Å². The van der Waals surface area contributed by atoms with E-state index < -0.39 is 7.14 Å². The van der Waals surface area contributed by atoms with Gasteiger partial charge in [0.05, 0.1) is 0 Å². The molecule has 4 heteroatoms. The van der Waals surface area contributed by atoms with E-state index in [1.54, 1.807) is 13.3 Å². The second-order valence-corrected chi connectivity index (χ2v) is 8.04. The molecule has 0 aromatic heterocycles. The van der Waals surface area contributed by atoms with E-state index in [1.807, 2.05) is 0 Å². The first kappa shape index (κ1) is 13.1. The Hall–Kier alpha value is 0.120. The molecule has 0 atom stereocenters. The van der Waals surface area contributed by atoms with Gasteiger partial charge in [-0.25, -0.2) is 0 Å². The highest BCUT2D eigenvalue weighted by Crippen LogP contribution is 2.40. The predicted octanol–water partition coefficient (Wildman–Crippen LogP) is 3.01. The Kier molecular flexibility index (Phi) is 4.61. The van der Waals surface area contributed by atoms with Crippen LogP contribution in [0.4, 0.5) is 0 Å². The van der Waals surface area contributed by atoms with E-state index in [-0.39, 0.29) is 0 Å². The third-order valence-corrected chi connectivity index (χ3v) is 4.48. The van der Waals surface area contributed by atoms with Crippen molar-refractivity contribution >= 4 is 24.1 Å². The van der Waals surface area contributed by atoms with E-state index in [4.69, 9.17) is 12.2 Å². The van der Waals surface area contributed by atoms with Gasteiger partial charge in [-0.1, -0.05) is 12.2 Å². The molecule has 0 spiro atoms. The summed E-state index contributed by atoms with van der Waals surface area (Å²) >= 11 is 5.23. The van der Waals surface area contributed by atoms with Gasteiger partial charge in [0.25, 0.3) is 0 Å². The number of hydrogen-bond donors (Lipinski definition) is 0. The van der Waals surface area contributed by atoms with Gasteiger partial charge < -0.3 is 9.46 Å². The molecule has 0 rings (SSSR count). The monoisotopic (exact) mass is 221 g/mol. The lowest BCUT2D eigenvalue weighted by Gasteiger charge is -2.34. The van der Waals surface area contributed by atoms with Crippen molar-refractivity contribution in [3.05, 3.63) is 0 Å². The maximum Gasteiger partial charge on any atom is 0.139 e. The lowest BCUT2D eigenvalue weighted by Crippen LogP contribution is -2.40. The molecule has 78 valence electrons. The van der Waals surface area contributed by atoms with Crippen LogP contribution < -0.4 is 0 Å². The van der Waals surface area contributed by atoms with Gasteiger partial charge in [0.15, 0.2) is 0 Å². The van der Waals surface area contributed by atoms with E-state index in [0.29, 0.717) is 16.8 Å². The summed E-state index contributed by atoms with van der Waals surface area (Å²) in [5.74, 6) is 0. The van der Waals surface area contributed by atoms with Crippen molar-refractivity contribution in [2.75, 3.05) is 13.3 Å². The quantitative estimate of drug-likeness (QED) is 0.539. The molecule has 2 nitrogen and oxygen atoms in total. The van der Waals surface area contributed by atoms with Crippen LogP contribution >= 0.6 is 19.4 Å². The van der Waals surface area contributed by atoms with Gasteiger partial charge in [-0.3, -0.25) is 0 Å². The zero-order valence-corrected chi connectivity index (χ0v) is 11.1. The summed E-state index contributed by atoms with van der Waals surface area (Å²) in [6, 6.07) is 0.640. The number of nitrogens with zero attached hydrogens (tertiary/aromatic N) is 1. The fourth-order valence-electron chi connectivity index (χ4n) is 1.32. The summed E-state index contributed by atoms with van der Waals surface area (Å²) in [6.07, 6.45) is 0. The van der Waals surface area contributed by atoms with E-state index in [0.717, 1.165) is 0 Å². The van der Waals surface area contributed by atoms with Crippen molar-refractivity contribution < 1.29 is 4.57 Å². The second-order valence-electron chi connectivity index (χ2n) is 4.23. The van der Waals surface area contributed by atoms with Gasteiger partial charge in [0, 0.05) is 12.1 Å². The highest BCUT2D eigenvalue weighted by molar-refractivity contribution is 8.00. The minimum Gasteiger partial charge on any atom is -0.355 e. The molecule has 0 aromatic rings. The normalized spacial score (nSPS) is 12.3. The van der Waals surface area contributed by atoms with Crippen LogP contribution in [-0.4, -0.2) is 35.0 Å². The van der Waals surface area contributed by atoms with Gasteiger partial charge in [0.2, 0.25) is 0 Å². The fraction of sp³-hybridized carbons (Fsp3) is 0.889. The van der Waals surface area contributed by atoms with Crippen molar-refractivity contribution in [1.82, 2.24) is 4.90 Å². The SMILES string of the molecule is CC(C)N(C(=S)P(C)(C)=O)C(C)C. The topological polar surface area (TPSA) is 20.3 Å². The van der Waals surface area contributed by atoms with E-state index in [2.05, 4.69) is 32.6 Å². The first-order valence-corrected chi connectivity index (χ1v) is 7.56. The van der Waals surface area contributed by atoms with E-state index in [9.17, 15) is 4.57 Å². The number of thiocarbonyl (C=S) groups is 1. The lowest BCUT2D eigenvalue weighted by atomic mass is 10.2. The molecule has 0 N–H and O–H groups in total. The number of hydrogen-bond acceptors (Lipinski definition) is 2. The Balaban J connectivity index is 4.78. The molecule has 0 heterocycles. The van der Waals surface area contributed by atoms with Crippen LogP contribution in [0.2, 0.25) is 0 Å². The van der Waals surface area contributed by atoms with Crippen molar-refractivity contribution in [2.24, 2.45) is 0 Å². The second kappa shape index (κ2) is 4.56. The summed E-state index contributed by atoms with van der Waals surface area (Å²) in [6.45, 7) is 11.7. The maximum absolute atomic E-state index is 11.8. The van der Waals surface area contributed by atoms with Crippen LogP contribution in [0, 0.1) is 0 Å². The van der Waals surface area contributed by atoms with Gasteiger partial charge in [-0.15, -0.1) is 0 Å². The molecule has 0 saturated heterocycles. The van der Waals surface area contributed by atoms with Crippen LogP contribution in [-0.2, 0) is 4.57 Å². The van der Waals surface area contributed by atoms with E-state index >= 15 is 0 Å². The average molecular weight is 221 g/mol. The zero-order chi connectivity index (χ0) is 10.8. The molecule has 13 heavy (non-hydrogen) atoms. The van der Waals surface area contributed by atoms with Gasteiger partial charge in [0.1, 0.15) is 11.9 Å². The maximum atomic E-state index is 11.8. The Morgan fingerprint density at radius 3 is 1.54 bits per heavy atom. The van der Waals surface area contributed by atoms with Crippen molar-refractivity contribution in [2.45, 2.75) is 39.8 Å². The Morgan fingerprint density at radius 1 is 1.15 bits per heavy atom. The third-order valence-electron chi connectivity index (χ3n) is 1.79. The Bertz CT molecular complexity index is 224. The van der Waals surface area contributed by atoms with E-state index in [1.165, 1.54) is 0 Å². The largest absolute Gasteiger partial charge is 0.355 e. The molecule has 0 aromatic carbocycles. The Morgan fingerprint density at radius 2 is 1.46 bits per heavy atom.